The third-order valence-electron chi connectivity index (χ3n) is 3.43. The number of carbonyl (C=O) groups excluding carboxylic acids is 3. The van der Waals surface area contributed by atoms with Gasteiger partial charge in [-0.15, -0.1) is 0 Å². The molecular weight excluding hydrogens is 344 g/mol. The number of esters is 3. The summed E-state index contributed by atoms with van der Waals surface area (Å²) in [5.41, 5.74) is 0. The van der Waals surface area contributed by atoms with Crippen molar-refractivity contribution in [2.24, 2.45) is 5.92 Å². The van der Waals surface area contributed by atoms with Crippen molar-refractivity contribution in [2.75, 3.05) is 13.2 Å². The van der Waals surface area contributed by atoms with Crippen LogP contribution in [0.2, 0.25) is 0 Å². The van der Waals surface area contributed by atoms with Crippen LogP contribution in [0, 0.1) is 5.92 Å². The lowest BCUT2D eigenvalue weighted by atomic mass is 10.1. The van der Waals surface area contributed by atoms with E-state index in [1.165, 1.54) is 0 Å². The van der Waals surface area contributed by atoms with Crippen LogP contribution in [-0.4, -0.2) is 55.4 Å². The first-order valence-electron chi connectivity index (χ1n) is 7.64. The first kappa shape index (κ1) is 20.4. The third kappa shape index (κ3) is 6.44. The Morgan fingerprint density at radius 3 is 2.58 bits per heavy atom. The second kappa shape index (κ2) is 8.97. The van der Waals surface area contributed by atoms with E-state index in [1.54, 1.807) is 0 Å². The third-order valence-corrected chi connectivity index (χ3v) is 4.51. The van der Waals surface area contributed by atoms with Crippen molar-refractivity contribution in [1.29, 1.82) is 0 Å². The summed E-state index contributed by atoms with van der Waals surface area (Å²) >= 11 is 0. The number of rotatable bonds is 9. The van der Waals surface area contributed by atoms with Crippen LogP contribution in [0.15, 0.2) is 0 Å². The molecule has 3 unspecified atom stereocenters. The van der Waals surface area contributed by atoms with E-state index in [-0.39, 0.29) is 25.6 Å². The molecule has 10 heteroatoms. The summed E-state index contributed by atoms with van der Waals surface area (Å²) in [7, 11) is -4.89. The molecule has 3 atom stereocenters. The van der Waals surface area contributed by atoms with Crippen LogP contribution in [-0.2, 0) is 38.7 Å². The van der Waals surface area contributed by atoms with Crippen molar-refractivity contribution in [3.8, 4) is 0 Å². The zero-order chi connectivity index (χ0) is 18.3. The minimum Gasteiger partial charge on any atom is -0.465 e. The Balaban J connectivity index is 2.63. The molecule has 0 aromatic heterocycles. The number of carbonyl (C=O) groups is 3. The van der Waals surface area contributed by atoms with Gasteiger partial charge in [-0.05, 0) is 12.3 Å². The van der Waals surface area contributed by atoms with Crippen LogP contribution in [0.1, 0.15) is 39.5 Å². The molecule has 9 nitrogen and oxygen atoms in total. The maximum atomic E-state index is 11.9. The Hall–Kier alpha value is -1.68. The van der Waals surface area contributed by atoms with Crippen LogP contribution in [0.3, 0.4) is 0 Å². The first-order valence-corrected chi connectivity index (χ1v) is 9.14. The smallest absolute Gasteiger partial charge is 0.347 e. The van der Waals surface area contributed by atoms with Crippen LogP contribution in [0.5, 0.6) is 0 Å². The van der Waals surface area contributed by atoms with E-state index in [9.17, 15) is 22.8 Å². The van der Waals surface area contributed by atoms with E-state index in [0.29, 0.717) is 0 Å². The van der Waals surface area contributed by atoms with Crippen molar-refractivity contribution in [3.05, 3.63) is 0 Å². The van der Waals surface area contributed by atoms with E-state index < -0.39 is 45.8 Å². The van der Waals surface area contributed by atoms with Crippen molar-refractivity contribution in [2.45, 2.75) is 50.9 Å². The van der Waals surface area contributed by atoms with E-state index in [0.717, 1.165) is 12.8 Å². The van der Waals surface area contributed by atoms with Gasteiger partial charge in [0.25, 0.3) is 10.1 Å². The maximum absolute atomic E-state index is 11.9. The van der Waals surface area contributed by atoms with E-state index >= 15 is 0 Å². The number of hydrogen-bond donors (Lipinski definition) is 1. The second-order valence-corrected chi connectivity index (χ2v) is 7.27. The molecule has 1 N–H and O–H groups in total. The Labute approximate surface area is 140 Å². The Bertz CT molecular complexity index is 569. The maximum Gasteiger partial charge on any atom is 0.347 e. The quantitative estimate of drug-likeness (QED) is 0.351. The summed E-state index contributed by atoms with van der Waals surface area (Å²) in [6.45, 7) is 3.95. The Kier molecular flexibility index (Phi) is 7.61. The molecule has 1 heterocycles. The van der Waals surface area contributed by atoms with Gasteiger partial charge in [0.2, 0.25) is 6.10 Å². The summed E-state index contributed by atoms with van der Waals surface area (Å²) in [5.74, 6) is -3.05. The van der Waals surface area contributed by atoms with Gasteiger partial charge < -0.3 is 14.2 Å². The summed E-state index contributed by atoms with van der Waals surface area (Å²) in [5, 5.41) is -2.14. The highest BCUT2D eigenvalue weighted by Crippen LogP contribution is 2.16. The first-order chi connectivity index (χ1) is 11.1. The van der Waals surface area contributed by atoms with E-state index in [2.05, 4.69) is 4.74 Å². The zero-order valence-electron chi connectivity index (χ0n) is 13.6. The largest absolute Gasteiger partial charge is 0.465 e. The molecule has 0 aromatic carbocycles. The lowest BCUT2D eigenvalue weighted by Gasteiger charge is -2.16. The molecular formula is C14H22O9S. The van der Waals surface area contributed by atoms with Gasteiger partial charge in [0, 0.05) is 6.42 Å². The Morgan fingerprint density at radius 2 is 2.08 bits per heavy atom. The highest BCUT2D eigenvalue weighted by molar-refractivity contribution is 7.87. The summed E-state index contributed by atoms with van der Waals surface area (Å²) in [4.78, 5) is 34.8. The average molecular weight is 366 g/mol. The highest BCUT2D eigenvalue weighted by Gasteiger charge is 2.39. The molecule has 1 rings (SSSR count). The topological polar surface area (TPSA) is 133 Å². The van der Waals surface area contributed by atoms with Gasteiger partial charge in [0.05, 0.1) is 19.6 Å². The van der Waals surface area contributed by atoms with Crippen LogP contribution < -0.4 is 0 Å². The van der Waals surface area contributed by atoms with Crippen molar-refractivity contribution in [1.82, 2.24) is 0 Å². The van der Waals surface area contributed by atoms with Gasteiger partial charge in [-0.2, -0.15) is 8.42 Å². The fraction of sp³-hybridized carbons (Fsp3) is 0.786. The average Bonchev–Trinajstić information content (AvgIpc) is 2.87. The van der Waals surface area contributed by atoms with Gasteiger partial charge in [0.1, 0.15) is 0 Å². The van der Waals surface area contributed by atoms with Gasteiger partial charge in [0.15, 0.2) is 5.25 Å². The van der Waals surface area contributed by atoms with Gasteiger partial charge >= 0.3 is 17.9 Å². The molecule has 1 aliphatic heterocycles. The number of ether oxygens (including phenoxy) is 3. The van der Waals surface area contributed by atoms with Gasteiger partial charge in [-0.3, -0.25) is 14.1 Å². The fourth-order valence-electron chi connectivity index (χ4n) is 2.13. The van der Waals surface area contributed by atoms with Gasteiger partial charge in [-0.25, -0.2) is 4.79 Å². The highest BCUT2D eigenvalue weighted by atomic mass is 32.2. The molecule has 24 heavy (non-hydrogen) atoms. The van der Waals surface area contributed by atoms with Crippen molar-refractivity contribution >= 4 is 28.0 Å². The standard InChI is InChI=1S/C14H22O9S/c1-3-4-9(2)8-22-12(15)7-11(24(18,19)20)14(17)23-10-5-6-21-13(10)16/h9-11H,3-8H2,1-2H3,(H,18,19,20). The van der Waals surface area contributed by atoms with Crippen LogP contribution >= 0.6 is 0 Å². The minimum absolute atomic E-state index is 0.0463. The molecule has 0 aromatic rings. The van der Waals surface area contributed by atoms with E-state index in [1.807, 2.05) is 13.8 Å². The lowest BCUT2D eigenvalue weighted by molar-refractivity contribution is -0.161. The fourth-order valence-corrected chi connectivity index (χ4v) is 2.78. The SMILES string of the molecule is CCCC(C)COC(=O)CC(C(=O)OC1CCOC1=O)S(=O)(=O)O. The molecule has 1 fully saturated rings. The molecule has 0 bridgehead atoms. The molecule has 1 saturated heterocycles. The molecule has 138 valence electrons. The van der Waals surface area contributed by atoms with Crippen LogP contribution in [0.25, 0.3) is 0 Å². The molecule has 1 aliphatic rings. The predicted molar refractivity (Wildman–Crippen MR) is 80.4 cm³/mol. The molecule has 0 aliphatic carbocycles. The second-order valence-electron chi connectivity index (χ2n) is 5.67. The summed E-state index contributed by atoms with van der Waals surface area (Å²) < 4.78 is 46.0. The lowest BCUT2D eigenvalue weighted by Crippen LogP contribution is -2.37. The molecule has 0 radical (unpaired) electrons. The Morgan fingerprint density at radius 1 is 1.42 bits per heavy atom. The number of cyclic esters (lactones) is 1. The number of hydrogen-bond acceptors (Lipinski definition) is 8. The minimum atomic E-state index is -4.89. The molecule has 0 amide bonds. The van der Waals surface area contributed by atoms with E-state index in [4.69, 9.17) is 14.0 Å². The molecule has 0 saturated carbocycles. The van der Waals surface area contributed by atoms with Crippen molar-refractivity contribution < 1.29 is 41.6 Å². The van der Waals surface area contributed by atoms with Crippen LogP contribution in [0.4, 0.5) is 0 Å². The van der Waals surface area contributed by atoms with Crippen molar-refractivity contribution in [3.63, 3.8) is 0 Å². The van der Waals surface area contributed by atoms with Gasteiger partial charge in [-0.1, -0.05) is 20.3 Å². The monoisotopic (exact) mass is 366 g/mol. The normalized spacial score (nSPS) is 20.1. The zero-order valence-corrected chi connectivity index (χ0v) is 14.4. The molecule has 0 spiro atoms. The predicted octanol–water partition coefficient (Wildman–Crippen LogP) is 0.471. The summed E-state index contributed by atoms with van der Waals surface area (Å²) in [6, 6.07) is 0. The summed E-state index contributed by atoms with van der Waals surface area (Å²) in [6.07, 6.45) is -0.320.